The van der Waals surface area contributed by atoms with E-state index in [0.717, 1.165) is 0 Å². The summed E-state index contributed by atoms with van der Waals surface area (Å²) in [5, 5.41) is 22.7. The van der Waals surface area contributed by atoms with Gasteiger partial charge in [0.05, 0.1) is 15.5 Å². The second-order valence-corrected chi connectivity index (χ2v) is 4.69. The van der Waals surface area contributed by atoms with Crippen molar-refractivity contribution in [3.63, 3.8) is 0 Å². The number of carboxylic acid groups (broad SMARTS) is 1. The van der Waals surface area contributed by atoms with E-state index in [9.17, 15) is 14.9 Å². The van der Waals surface area contributed by atoms with Crippen molar-refractivity contribution in [2.45, 2.75) is 25.9 Å². The normalized spacial score (nSPS) is 11.3. The summed E-state index contributed by atoms with van der Waals surface area (Å²) in [6.07, 6.45) is 0. The molecule has 7 heteroatoms. The minimum absolute atomic E-state index is 0.00921. The van der Waals surface area contributed by atoms with Gasteiger partial charge in [0.15, 0.2) is 0 Å². The molecule has 0 amide bonds. The summed E-state index contributed by atoms with van der Waals surface area (Å²) < 4.78 is 0. The van der Waals surface area contributed by atoms with Gasteiger partial charge in [-0.25, -0.2) is 0 Å². The van der Waals surface area contributed by atoms with E-state index in [4.69, 9.17) is 16.7 Å². The second-order valence-electron chi connectivity index (χ2n) is 4.28. The van der Waals surface area contributed by atoms with Crippen LogP contribution in [0, 0.1) is 10.1 Å². The number of benzene rings is 1. The Morgan fingerprint density at radius 1 is 1.56 bits per heavy atom. The van der Waals surface area contributed by atoms with Crippen LogP contribution in [0.1, 0.15) is 19.4 Å². The monoisotopic (exact) mass is 272 g/mol. The molecule has 0 aliphatic rings. The summed E-state index contributed by atoms with van der Waals surface area (Å²) in [5.41, 5.74) is -1.04. The van der Waals surface area contributed by atoms with Gasteiger partial charge in [-0.3, -0.25) is 20.2 Å². The number of hydrogen-bond donors (Lipinski definition) is 2. The lowest BCUT2D eigenvalue weighted by molar-refractivity contribution is -0.385. The van der Waals surface area contributed by atoms with Crippen LogP contribution in [-0.2, 0) is 11.3 Å². The standard InChI is InChI=1S/C11H13ClN2O4/c1-11(2,10(15)16)13-6-7-8(12)4-3-5-9(7)14(17)18/h3-5,13H,6H2,1-2H3,(H,15,16). The summed E-state index contributed by atoms with van der Waals surface area (Å²) >= 11 is 5.89. The summed E-state index contributed by atoms with van der Waals surface area (Å²) in [6.45, 7) is 2.95. The van der Waals surface area contributed by atoms with Gasteiger partial charge in [-0.1, -0.05) is 17.7 Å². The highest BCUT2D eigenvalue weighted by atomic mass is 35.5. The van der Waals surface area contributed by atoms with E-state index in [0.29, 0.717) is 0 Å². The molecule has 0 saturated carbocycles. The Balaban J connectivity index is 2.98. The number of nitrogens with zero attached hydrogens (tertiary/aromatic N) is 1. The van der Waals surface area contributed by atoms with Crippen LogP contribution in [0.25, 0.3) is 0 Å². The van der Waals surface area contributed by atoms with Crippen LogP contribution in [0.3, 0.4) is 0 Å². The topological polar surface area (TPSA) is 92.5 Å². The number of nitro groups is 1. The predicted molar refractivity (Wildman–Crippen MR) is 66.7 cm³/mol. The molecule has 1 rings (SSSR count). The Morgan fingerprint density at radius 2 is 2.17 bits per heavy atom. The third kappa shape index (κ3) is 3.18. The molecule has 0 saturated heterocycles. The van der Waals surface area contributed by atoms with E-state index in [1.807, 2.05) is 0 Å². The lowest BCUT2D eigenvalue weighted by Gasteiger charge is -2.21. The quantitative estimate of drug-likeness (QED) is 0.633. The first kappa shape index (κ1) is 14.4. The van der Waals surface area contributed by atoms with Crippen molar-refractivity contribution in [2.24, 2.45) is 0 Å². The average molecular weight is 273 g/mol. The third-order valence-corrected chi connectivity index (χ3v) is 2.89. The van der Waals surface area contributed by atoms with Crippen molar-refractivity contribution >= 4 is 23.3 Å². The molecule has 0 atom stereocenters. The van der Waals surface area contributed by atoms with Crippen LogP contribution in [0.4, 0.5) is 5.69 Å². The maximum absolute atomic E-state index is 10.9. The summed E-state index contributed by atoms with van der Waals surface area (Å²) in [7, 11) is 0. The van der Waals surface area contributed by atoms with Crippen molar-refractivity contribution in [2.75, 3.05) is 0 Å². The number of aliphatic carboxylic acids is 1. The zero-order valence-electron chi connectivity index (χ0n) is 9.94. The Kier molecular flexibility index (Phi) is 4.26. The molecule has 6 nitrogen and oxygen atoms in total. The number of nitro benzene ring substituents is 1. The van der Waals surface area contributed by atoms with Gasteiger partial charge < -0.3 is 5.11 Å². The molecule has 0 bridgehead atoms. The molecule has 0 aliphatic heterocycles. The average Bonchev–Trinajstić information content (AvgIpc) is 2.26. The Labute approximate surface area is 109 Å². The highest BCUT2D eigenvalue weighted by Gasteiger charge is 2.27. The predicted octanol–water partition coefficient (Wildman–Crippen LogP) is 2.20. The highest BCUT2D eigenvalue weighted by Crippen LogP contribution is 2.26. The first-order chi connectivity index (χ1) is 8.25. The SMILES string of the molecule is CC(C)(NCc1c(Cl)cccc1[N+](=O)[O-])C(=O)O. The molecule has 1 aromatic rings. The first-order valence-electron chi connectivity index (χ1n) is 5.16. The van der Waals surface area contributed by atoms with Crippen molar-refractivity contribution in [1.82, 2.24) is 5.32 Å². The van der Waals surface area contributed by atoms with Gasteiger partial charge in [0, 0.05) is 12.6 Å². The molecule has 0 radical (unpaired) electrons. The zero-order chi connectivity index (χ0) is 13.9. The number of carbonyl (C=O) groups is 1. The fraction of sp³-hybridized carbons (Fsp3) is 0.364. The number of hydrogen-bond acceptors (Lipinski definition) is 4. The van der Waals surface area contributed by atoms with Crippen molar-refractivity contribution < 1.29 is 14.8 Å². The molecule has 0 unspecified atom stereocenters. The summed E-state index contributed by atoms with van der Waals surface area (Å²) in [4.78, 5) is 21.2. The van der Waals surface area contributed by atoms with Crippen LogP contribution in [0.15, 0.2) is 18.2 Å². The third-order valence-electron chi connectivity index (χ3n) is 2.53. The van der Waals surface area contributed by atoms with Crippen LogP contribution in [-0.4, -0.2) is 21.5 Å². The van der Waals surface area contributed by atoms with Gasteiger partial charge in [-0.15, -0.1) is 0 Å². The molecule has 0 spiro atoms. The molecule has 0 fully saturated rings. The largest absolute Gasteiger partial charge is 0.480 e. The fourth-order valence-electron chi connectivity index (χ4n) is 1.28. The molecule has 18 heavy (non-hydrogen) atoms. The molecule has 0 aliphatic carbocycles. The van der Waals surface area contributed by atoms with Crippen LogP contribution in [0.2, 0.25) is 5.02 Å². The zero-order valence-corrected chi connectivity index (χ0v) is 10.7. The second kappa shape index (κ2) is 5.32. The van der Waals surface area contributed by atoms with Gasteiger partial charge in [0.1, 0.15) is 5.54 Å². The maximum Gasteiger partial charge on any atom is 0.323 e. The number of rotatable bonds is 5. The van der Waals surface area contributed by atoms with E-state index in [-0.39, 0.29) is 22.8 Å². The minimum atomic E-state index is -1.19. The molecular weight excluding hydrogens is 260 g/mol. The Bertz CT molecular complexity index is 488. The van der Waals surface area contributed by atoms with E-state index in [2.05, 4.69) is 5.32 Å². The van der Waals surface area contributed by atoms with Crippen LogP contribution < -0.4 is 5.32 Å². The van der Waals surface area contributed by atoms with Crippen LogP contribution in [0.5, 0.6) is 0 Å². The van der Waals surface area contributed by atoms with Gasteiger partial charge in [-0.2, -0.15) is 0 Å². The molecule has 98 valence electrons. The van der Waals surface area contributed by atoms with Crippen molar-refractivity contribution in [3.8, 4) is 0 Å². The fourth-order valence-corrected chi connectivity index (χ4v) is 1.51. The van der Waals surface area contributed by atoms with E-state index in [1.54, 1.807) is 0 Å². The Hall–Kier alpha value is -1.66. The highest BCUT2D eigenvalue weighted by molar-refractivity contribution is 6.31. The minimum Gasteiger partial charge on any atom is -0.480 e. The molecule has 0 heterocycles. The number of halogens is 1. The van der Waals surface area contributed by atoms with Gasteiger partial charge in [0.2, 0.25) is 0 Å². The molecule has 2 N–H and O–H groups in total. The summed E-state index contributed by atoms with van der Waals surface area (Å²) in [5.74, 6) is -1.04. The molecular formula is C11H13ClN2O4. The van der Waals surface area contributed by atoms with Gasteiger partial charge in [0.25, 0.3) is 5.69 Å². The number of nitrogens with one attached hydrogen (secondary N) is 1. The van der Waals surface area contributed by atoms with Crippen molar-refractivity contribution in [3.05, 3.63) is 38.9 Å². The van der Waals surface area contributed by atoms with Gasteiger partial charge >= 0.3 is 5.97 Å². The first-order valence-corrected chi connectivity index (χ1v) is 5.53. The molecule has 0 aromatic heterocycles. The van der Waals surface area contributed by atoms with E-state index < -0.39 is 16.4 Å². The van der Waals surface area contributed by atoms with Gasteiger partial charge in [-0.05, 0) is 19.9 Å². The van der Waals surface area contributed by atoms with E-state index >= 15 is 0 Å². The smallest absolute Gasteiger partial charge is 0.323 e. The lowest BCUT2D eigenvalue weighted by atomic mass is 10.1. The Morgan fingerprint density at radius 3 is 2.67 bits per heavy atom. The van der Waals surface area contributed by atoms with E-state index in [1.165, 1.54) is 32.0 Å². The van der Waals surface area contributed by atoms with Crippen molar-refractivity contribution in [1.29, 1.82) is 0 Å². The summed E-state index contributed by atoms with van der Waals surface area (Å²) in [6, 6.07) is 4.34. The van der Waals surface area contributed by atoms with Crippen LogP contribution >= 0.6 is 11.6 Å². The molecule has 1 aromatic carbocycles. The number of carboxylic acids is 1. The maximum atomic E-state index is 10.9. The lowest BCUT2D eigenvalue weighted by Crippen LogP contribution is -2.46.